The fourth-order valence-corrected chi connectivity index (χ4v) is 2.81. The highest BCUT2D eigenvalue weighted by molar-refractivity contribution is 7.09. The maximum atomic E-state index is 3.49. The second-order valence-corrected chi connectivity index (χ2v) is 5.44. The Morgan fingerprint density at radius 3 is 3.06 bits per heavy atom. The number of aromatic nitrogens is 1. The summed E-state index contributed by atoms with van der Waals surface area (Å²) in [4.78, 5) is 4.69. The van der Waals surface area contributed by atoms with Crippen molar-refractivity contribution in [1.82, 2.24) is 10.3 Å². The van der Waals surface area contributed by atoms with Gasteiger partial charge in [0.15, 0.2) is 0 Å². The highest BCUT2D eigenvalue weighted by Crippen LogP contribution is 2.14. The van der Waals surface area contributed by atoms with Crippen molar-refractivity contribution in [2.24, 2.45) is 0 Å². The first-order valence-corrected chi connectivity index (χ1v) is 7.09. The van der Waals surface area contributed by atoms with Crippen molar-refractivity contribution in [1.29, 1.82) is 0 Å². The third-order valence-corrected chi connectivity index (χ3v) is 4.01. The van der Waals surface area contributed by atoms with Gasteiger partial charge >= 0.3 is 0 Å². The summed E-state index contributed by atoms with van der Waals surface area (Å²) in [6, 6.07) is 13.0. The molecule has 0 saturated heterocycles. The quantitative estimate of drug-likeness (QED) is 0.671. The number of fused-ring (bicyclic) bond motifs is 1. The summed E-state index contributed by atoms with van der Waals surface area (Å²) < 4.78 is 0. The Morgan fingerprint density at radius 1 is 1.17 bits per heavy atom. The highest BCUT2D eigenvalue weighted by Gasteiger charge is 1.98. The number of rotatable bonds is 5. The molecule has 2 aromatic heterocycles. The van der Waals surface area contributed by atoms with Crippen molar-refractivity contribution in [3.8, 4) is 0 Å². The summed E-state index contributed by atoms with van der Waals surface area (Å²) in [5.41, 5.74) is 2.55. The van der Waals surface area contributed by atoms with Crippen LogP contribution in [0.3, 0.4) is 0 Å². The summed E-state index contributed by atoms with van der Waals surface area (Å²) in [5.74, 6) is 0. The first-order valence-electron chi connectivity index (χ1n) is 6.21. The lowest BCUT2D eigenvalue weighted by Crippen LogP contribution is -2.16. The van der Waals surface area contributed by atoms with E-state index in [4.69, 9.17) is 0 Å². The molecule has 92 valence electrons. The van der Waals surface area contributed by atoms with Gasteiger partial charge in [0.05, 0.1) is 0 Å². The molecule has 18 heavy (non-hydrogen) atoms. The molecule has 0 atom stereocenters. The second kappa shape index (κ2) is 5.38. The molecule has 0 aliphatic rings. The van der Waals surface area contributed by atoms with E-state index in [0.717, 1.165) is 19.5 Å². The van der Waals surface area contributed by atoms with Gasteiger partial charge in [0.2, 0.25) is 0 Å². The molecule has 2 nitrogen and oxygen atoms in total. The number of hydrogen-bond acceptors (Lipinski definition) is 2. The van der Waals surface area contributed by atoms with Crippen LogP contribution in [0, 0.1) is 0 Å². The van der Waals surface area contributed by atoms with E-state index in [2.05, 4.69) is 52.1 Å². The summed E-state index contributed by atoms with van der Waals surface area (Å²) >= 11 is 1.83. The van der Waals surface area contributed by atoms with Crippen LogP contribution < -0.4 is 5.32 Å². The molecule has 3 aromatic rings. The minimum absolute atomic E-state index is 0.931. The Bertz CT molecular complexity index is 610. The average molecular weight is 256 g/mol. The van der Waals surface area contributed by atoms with Crippen LogP contribution in [0.25, 0.3) is 10.9 Å². The lowest BCUT2D eigenvalue weighted by atomic mass is 10.1. The lowest BCUT2D eigenvalue weighted by Gasteiger charge is -2.04. The van der Waals surface area contributed by atoms with Gasteiger partial charge in [-0.1, -0.05) is 18.2 Å². The molecule has 0 saturated carbocycles. The van der Waals surface area contributed by atoms with Gasteiger partial charge in [0.25, 0.3) is 0 Å². The number of hydrogen-bond donors (Lipinski definition) is 2. The van der Waals surface area contributed by atoms with Gasteiger partial charge < -0.3 is 10.3 Å². The monoisotopic (exact) mass is 256 g/mol. The average Bonchev–Trinajstić information content (AvgIpc) is 3.05. The van der Waals surface area contributed by atoms with E-state index in [1.807, 2.05) is 17.5 Å². The highest BCUT2D eigenvalue weighted by atomic mass is 32.1. The van der Waals surface area contributed by atoms with Gasteiger partial charge in [-0.05, 0) is 40.9 Å². The number of thiophene rings is 1. The van der Waals surface area contributed by atoms with Crippen LogP contribution >= 0.6 is 11.3 Å². The number of nitrogens with one attached hydrogen (secondary N) is 2. The Morgan fingerprint density at radius 2 is 2.17 bits per heavy atom. The molecule has 0 aliphatic carbocycles. The predicted molar refractivity (Wildman–Crippen MR) is 78.0 cm³/mol. The fourth-order valence-electron chi connectivity index (χ4n) is 2.10. The van der Waals surface area contributed by atoms with Gasteiger partial charge in [0, 0.05) is 29.7 Å². The first-order chi connectivity index (χ1) is 8.92. The molecule has 1 aromatic carbocycles. The summed E-state index contributed by atoms with van der Waals surface area (Å²) in [6.07, 6.45) is 3.10. The molecule has 0 spiro atoms. The number of aromatic amines is 1. The molecule has 3 rings (SSSR count). The number of benzene rings is 1. The first kappa shape index (κ1) is 11.5. The van der Waals surface area contributed by atoms with Crippen LogP contribution in [0.15, 0.2) is 48.0 Å². The Kier molecular flexibility index (Phi) is 3.44. The van der Waals surface area contributed by atoms with Crippen LogP contribution in [0.4, 0.5) is 0 Å². The smallest absolute Gasteiger partial charge is 0.0457 e. The summed E-state index contributed by atoms with van der Waals surface area (Å²) in [5, 5.41) is 6.90. The van der Waals surface area contributed by atoms with Gasteiger partial charge in [0.1, 0.15) is 0 Å². The largest absolute Gasteiger partial charge is 0.361 e. The lowest BCUT2D eigenvalue weighted by molar-refractivity contribution is 0.691. The van der Waals surface area contributed by atoms with E-state index >= 15 is 0 Å². The topological polar surface area (TPSA) is 27.8 Å². The van der Waals surface area contributed by atoms with Crippen LogP contribution in [0.5, 0.6) is 0 Å². The van der Waals surface area contributed by atoms with Crippen LogP contribution in [-0.2, 0) is 13.0 Å². The van der Waals surface area contributed by atoms with E-state index in [0.29, 0.717) is 0 Å². The zero-order valence-electron chi connectivity index (χ0n) is 10.1. The van der Waals surface area contributed by atoms with E-state index in [1.165, 1.54) is 21.3 Å². The van der Waals surface area contributed by atoms with Gasteiger partial charge in [-0.2, -0.15) is 0 Å². The molecular formula is C15H16N2S. The van der Waals surface area contributed by atoms with Gasteiger partial charge in [-0.3, -0.25) is 0 Å². The second-order valence-electron chi connectivity index (χ2n) is 4.41. The Balaban J connectivity index is 1.53. The van der Waals surface area contributed by atoms with Gasteiger partial charge in [-0.25, -0.2) is 0 Å². The predicted octanol–water partition coefficient (Wildman–Crippen LogP) is 3.56. The van der Waals surface area contributed by atoms with Crippen molar-refractivity contribution in [3.05, 3.63) is 58.4 Å². The fraction of sp³-hybridized carbons (Fsp3) is 0.200. The van der Waals surface area contributed by atoms with E-state index in [-0.39, 0.29) is 0 Å². The van der Waals surface area contributed by atoms with E-state index in [9.17, 15) is 0 Å². The van der Waals surface area contributed by atoms with Crippen molar-refractivity contribution < 1.29 is 0 Å². The van der Waals surface area contributed by atoms with Crippen LogP contribution in [-0.4, -0.2) is 11.5 Å². The SMILES string of the molecule is c1csc(CCNCc2ccc3cc[nH]c3c2)c1. The molecule has 2 N–H and O–H groups in total. The Hall–Kier alpha value is -1.58. The molecule has 3 heteroatoms. The van der Waals surface area contributed by atoms with Crippen LogP contribution in [0.2, 0.25) is 0 Å². The zero-order valence-corrected chi connectivity index (χ0v) is 11.0. The molecule has 0 aliphatic heterocycles. The summed E-state index contributed by atoms with van der Waals surface area (Å²) in [6.45, 7) is 1.96. The molecule has 0 bridgehead atoms. The summed E-state index contributed by atoms with van der Waals surface area (Å²) in [7, 11) is 0. The molecule has 0 amide bonds. The van der Waals surface area contributed by atoms with Gasteiger partial charge in [-0.15, -0.1) is 11.3 Å². The van der Waals surface area contributed by atoms with E-state index < -0.39 is 0 Å². The molecule has 0 fully saturated rings. The van der Waals surface area contributed by atoms with Crippen LogP contribution in [0.1, 0.15) is 10.4 Å². The van der Waals surface area contributed by atoms with Crippen molar-refractivity contribution in [2.45, 2.75) is 13.0 Å². The molecule has 0 unspecified atom stereocenters. The minimum atomic E-state index is 0.931. The molecule has 0 radical (unpaired) electrons. The van der Waals surface area contributed by atoms with Crippen molar-refractivity contribution >= 4 is 22.2 Å². The standard InChI is InChI=1S/C15H16N2S/c1-2-14(18-9-1)6-7-16-11-12-3-4-13-5-8-17-15(13)10-12/h1-5,8-10,16-17H,6-7,11H2. The van der Waals surface area contributed by atoms with E-state index in [1.54, 1.807) is 0 Å². The maximum absolute atomic E-state index is 3.49. The normalized spacial score (nSPS) is 11.1. The molecular weight excluding hydrogens is 240 g/mol. The zero-order chi connectivity index (χ0) is 12.2. The van der Waals surface area contributed by atoms with Crippen molar-refractivity contribution in [3.63, 3.8) is 0 Å². The number of H-pyrrole nitrogens is 1. The van der Waals surface area contributed by atoms with Crippen molar-refractivity contribution in [2.75, 3.05) is 6.54 Å². The Labute approximate surface area is 111 Å². The third kappa shape index (κ3) is 2.63. The maximum Gasteiger partial charge on any atom is 0.0457 e. The molecule has 2 heterocycles. The third-order valence-electron chi connectivity index (χ3n) is 3.08. The minimum Gasteiger partial charge on any atom is -0.361 e.